The molecule has 0 bridgehead atoms. The van der Waals surface area contributed by atoms with Crippen LogP contribution in [0.4, 0.5) is 5.13 Å². The first-order valence-corrected chi connectivity index (χ1v) is 7.80. The molecule has 1 aromatic heterocycles. The van der Waals surface area contributed by atoms with Gasteiger partial charge in [-0.25, -0.2) is 0 Å². The summed E-state index contributed by atoms with van der Waals surface area (Å²) in [4.78, 5) is 5.09. The number of rotatable bonds is 4. The Morgan fingerprint density at radius 1 is 1.26 bits per heavy atom. The average Bonchev–Trinajstić information content (AvgIpc) is 2.70. The molecule has 0 spiro atoms. The van der Waals surface area contributed by atoms with Crippen LogP contribution in [0.3, 0.4) is 0 Å². The van der Waals surface area contributed by atoms with Gasteiger partial charge in [-0.1, -0.05) is 59.3 Å². The van der Waals surface area contributed by atoms with Crippen LogP contribution in [-0.2, 0) is 0 Å². The third kappa shape index (κ3) is 3.28. The minimum absolute atomic E-state index is 0.126. The van der Waals surface area contributed by atoms with Crippen molar-refractivity contribution >= 4 is 32.4 Å². The van der Waals surface area contributed by atoms with Crippen molar-refractivity contribution in [2.75, 3.05) is 5.32 Å². The molecule has 0 saturated carbocycles. The van der Waals surface area contributed by atoms with Gasteiger partial charge in [-0.15, -0.1) is 0 Å². The molecule has 3 nitrogen and oxygen atoms in total. The Morgan fingerprint density at radius 2 is 1.95 bits per heavy atom. The van der Waals surface area contributed by atoms with Crippen molar-refractivity contribution in [3.05, 3.63) is 39.2 Å². The summed E-state index contributed by atoms with van der Waals surface area (Å²) >= 11 is 5.06. The molecule has 2 aromatic rings. The van der Waals surface area contributed by atoms with E-state index in [9.17, 15) is 5.11 Å². The molecule has 0 aliphatic rings. The molecule has 0 amide bonds. The van der Waals surface area contributed by atoms with Gasteiger partial charge in [0.2, 0.25) is 5.88 Å². The van der Waals surface area contributed by atoms with Crippen LogP contribution in [0.5, 0.6) is 5.88 Å². The lowest BCUT2D eigenvalue weighted by molar-refractivity contribution is 0.449. The fraction of sp³-hybridized carbons (Fsp3) is 0.357. The molecule has 2 rings (SSSR count). The van der Waals surface area contributed by atoms with Gasteiger partial charge in [-0.2, -0.15) is 4.98 Å². The van der Waals surface area contributed by atoms with Crippen LogP contribution in [0.2, 0.25) is 0 Å². The monoisotopic (exact) mass is 340 g/mol. The molecule has 0 unspecified atom stereocenters. The maximum Gasteiger partial charge on any atom is 0.227 e. The van der Waals surface area contributed by atoms with Crippen LogP contribution >= 0.6 is 27.3 Å². The van der Waals surface area contributed by atoms with E-state index in [4.69, 9.17) is 0 Å². The van der Waals surface area contributed by atoms with Crippen molar-refractivity contribution < 1.29 is 5.11 Å². The molecule has 0 fully saturated rings. The summed E-state index contributed by atoms with van der Waals surface area (Å²) < 4.78 is 1.07. The predicted molar refractivity (Wildman–Crippen MR) is 84.0 cm³/mol. The quantitative estimate of drug-likeness (QED) is 0.831. The van der Waals surface area contributed by atoms with E-state index in [-0.39, 0.29) is 17.8 Å². The molecule has 0 radical (unpaired) electrons. The maximum absolute atomic E-state index is 9.79. The van der Waals surface area contributed by atoms with Gasteiger partial charge >= 0.3 is 0 Å². The van der Waals surface area contributed by atoms with Crippen LogP contribution in [-0.4, -0.2) is 10.1 Å². The zero-order chi connectivity index (χ0) is 14.0. The van der Waals surface area contributed by atoms with Gasteiger partial charge < -0.3 is 10.4 Å². The molecule has 0 aliphatic heterocycles. The average molecular weight is 341 g/mol. The van der Waals surface area contributed by atoms with Crippen LogP contribution < -0.4 is 5.32 Å². The molecule has 0 aliphatic carbocycles. The lowest BCUT2D eigenvalue weighted by atomic mass is 10.1. The van der Waals surface area contributed by atoms with E-state index < -0.39 is 0 Å². The Kier molecular flexibility index (Phi) is 4.47. The highest BCUT2D eigenvalue weighted by molar-refractivity contribution is 9.10. The SMILES string of the molecule is CC(C)c1sc(N[C@@H](C)c2ccccc2Br)nc1O. The number of halogens is 1. The van der Waals surface area contributed by atoms with Crippen molar-refractivity contribution in [3.63, 3.8) is 0 Å². The lowest BCUT2D eigenvalue weighted by Crippen LogP contribution is -2.06. The van der Waals surface area contributed by atoms with E-state index in [2.05, 4.69) is 39.2 Å². The Balaban J connectivity index is 2.17. The number of aromatic hydroxyl groups is 1. The number of benzene rings is 1. The molecule has 0 saturated heterocycles. The standard InChI is InChI=1S/C14H17BrN2OS/c1-8(2)12-13(18)17-14(19-12)16-9(3)10-6-4-5-7-11(10)15/h4-9,18H,1-3H3,(H,16,17)/t9-/m0/s1. The number of hydrogen-bond acceptors (Lipinski definition) is 4. The largest absolute Gasteiger partial charge is 0.492 e. The van der Waals surface area contributed by atoms with Gasteiger partial charge in [0.25, 0.3) is 0 Å². The van der Waals surface area contributed by atoms with Crippen LogP contribution in [0, 0.1) is 0 Å². The predicted octanol–water partition coefficient (Wildman–Crippen LogP) is 4.91. The van der Waals surface area contributed by atoms with E-state index in [0.717, 1.165) is 14.5 Å². The second-order valence-corrected chi connectivity index (χ2v) is 6.63. The summed E-state index contributed by atoms with van der Waals surface area (Å²) in [5, 5.41) is 13.9. The van der Waals surface area contributed by atoms with Crippen molar-refractivity contribution in [2.24, 2.45) is 0 Å². The van der Waals surface area contributed by atoms with Gasteiger partial charge in [0.15, 0.2) is 5.13 Å². The first kappa shape index (κ1) is 14.3. The maximum atomic E-state index is 9.79. The third-order valence-corrected chi connectivity index (χ3v) is 4.87. The van der Waals surface area contributed by atoms with Gasteiger partial charge in [0.1, 0.15) is 0 Å². The molecule has 19 heavy (non-hydrogen) atoms. The molecular weight excluding hydrogens is 324 g/mol. The Hall–Kier alpha value is -1.07. The number of hydrogen-bond donors (Lipinski definition) is 2. The number of nitrogens with zero attached hydrogens (tertiary/aromatic N) is 1. The van der Waals surface area contributed by atoms with Gasteiger partial charge in [-0.05, 0) is 24.5 Å². The topological polar surface area (TPSA) is 45.2 Å². The third-order valence-electron chi connectivity index (χ3n) is 2.87. The summed E-state index contributed by atoms with van der Waals surface area (Å²) in [7, 11) is 0. The minimum atomic E-state index is 0.126. The second kappa shape index (κ2) is 5.92. The van der Waals surface area contributed by atoms with Crippen LogP contribution in [0.15, 0.2) is 28.7 Å². The van der Waals surface area contributed by atoms with E-state index in [1.807, 2.05) is 32.0 Å². The van der Waals surface area contributed by atoms with Crippen molar-refractivity contribution in [1.82, 2.24) is 4.98 Å². The molecular formula is C14H17BrN2OS. The molecule has 1 atom stereocenters. The Labute approximate surface area is 125 Å². The molecule has 2 N–H and O–H groups in total. The Bertz CT molecular complexity index is 568. The first-order chi connectivity index (χ1) is 8.99. The van der Waals surface area contributed by atoms with E-state index in [1.165, 1.54) is 16.9 Å². The summed E-state index contributed by atoms with van der Waals surface area (Å²) in [5.41, 5.74) is 1.17. The Morgan fingerprint density at radius 3 is 2.53 bits per heavy atom. The van der Waals surface area contributed by atoms with E-state index >= 15 is 0 Å². The number of aromatic nitrogens is 1. The van der Waals surface area contributed by atoms with Crippen molar-refractivity contribution in [1.29, 1.82) is 0 Å². The summed E-state index contributed by atoms with van der Waals surface area (Å²) in [5.74, 6) is 0.425. The number of anilines is 1. The highest BCUT2D eigenvalue weighted by Crippen LogP contribution is 2.36. The van der Waals surface area contributed by atoms with Gasteiger partial charge in [-0.3, -0.25) is 0 Å². The number of nitrogens with one attached hydrogen (secondary N) is 1. The summed E-state index contributed by atoms with van der Waals surface area (Å²) in [6.45, 7) is 6.18. The van der Waals surface area contributed by atoms with Crippen LogP contribution in [0.1, 0.15) is 43.2 Å². The molecule has 1 aromatic carbocycles. The smallest absolute Gasteiger partial charge is 0.227 e. The van der Waals surface area contributed by atoms with Gasteiger partial charge in [0.05, 0.1) is 10.9 Å². The zero-order valence-corrected chi connectivity index (χ0v) is 13.5. The van der Waals surface area contributed by atoms with Crippen molar-refractivity contribution in [3.8, 4) is 5.88 Å². The second-order valence-electron chi connectivity index (χ2n) is 4.75. The highest BCUT2D eigenvalue weighted by atomic mass is 79.9. The molecule has 102 valence electrons. The normalized spacial score (nSPS) is 12.7. The molecule has 1 heterocycles. The number of thiazole rings is 1. The fourth-order valence-electron chi connectivity index (χ4n) is 1.85. The van der Waals surface area contributed by atoms with E-state index in [0.29, 0.717) is 0 Å². The minimum Gasteiger partial charge on any atom is -0.492 e. The van der Waals surface area contributed by atoms with Crippen LogP contribution in [0.25, 0.3) is 0 Å². The molecule has 5 heteroatoms. The summed E-state index contributed by atoms with van der Waals surface area (Å²) in [6.07, 6.45) is 0. The first-order valence-electron chi connectivity index (χ1n) is 6.19. The summed E-state index contributed by atoms with van der Waals surface area (Å²) in [6, 6.07) is 8.22. The van der Waals surface area contributed by atoms with Crippen molar-refractivity contribution in [2.45, 2.75) is 32.7 Å². The highest BCUT2D eigenvalue weighted by Gasteiger charge is 2.16. The zero-order valence-electron chi connectivity index (χ0n) is 11.1. The lowest BCUT2D eigenvalue weighted by Gasteiger charge is -2.14. The van der Waals surface area contributed by atoms with Gasteiger partial charge in [0, 0.05) is 4.47 Å². The fourth-order valence-corrected chi connectivity index (χ4v) is 3.43. The van der Waals surface area contributed by atoms with E-state index in [1.54, 1.807) is 0 Å².